The molecule has 4 rings (SSSR count). The third-order valence-corrected chi connectivity index (χ3v) is 4.66. The highest BCUT2D eigenvalue weighted by molar-refractivity contribution is 6.04. The van der Waals surface area contributed by atoms with Gasteiger partial charge in [-0.3, -0.25) is 4.79 Å². The van der Waals surface area contributed by atoms with Crippen LogP contribution in [-0.2, 0) is 0 Å². The van der Waals surface area contributed by atoms with Gasteiger partial charge in [0, 0.05) is 27.8 Å². The summed E-state index contributed by atoms with van der Waals surface area (Å²) in [6.07, 6.45) is 0. The van der Waals surface area contributed by atoms with Gasteiger partial charge in [-0.25, -0.2) is 0 Å². The molecule has 0 aliphatic rings. The molecule has 0 aliphatic heterocycles. The summed E-state index contributed by atoms with van der Waals surface area (Å²) in [6.45, 7) is 4.16. The molecule has 0 radical (unpaired) electrons. The summed E-state index contributed by atoms with van der Waals surface area (Å²) in [5.74, 6) is 1.31. The van der Waals surface area contributed by atoms with E-state index in [9.17, 15) is 4.79 Å². The van der Waals surface area contributed by atoms with Crippen molar-refractivity contribution in [2.45, 2.75) is 13.8 Å². The summed E-state index contributed by atoms with van der Waals surface area (Å²) in [6, 6.07) is 22.5. The number of aromatic amines is 1. The minimum Gasteiger partial charge on any atom is -0.457 e. The van der Waals surface area contributed by atoms with Gasteiger partial charge < -0.3 is 15.0 Å². The first-order valence-electron chi connectivity index (χ1n) is 8.83. The number of benzene rings is 3. The zero-order valence-corrected chi connectivity index (χ0v) is 15.2. The highest BCUT2D eigenvalue weighted by Crippen LogP contribution is 2.28. The molecule has 134 valence electrons. The van der Waals surface area contributed by atoms with Gasteiger partial charge in [-0.15, -0.1) is 0 Å². The van der Waals surface area contributed by atoms with E-state index in [1.165, 1.54) is 5.56 Å². The van der Waals surface area contributed by atoms with Crippen LogP contribution in [-0.4, -0.2) is 10.9 Å². The lowest BCUT2D eigenvalue weighted by Gasteiger charge is -2.08. The molecule has 1 amide bonds. The lowest BCUT2D eigenvalue weighted by molar-refractivity contribution is 0.102. The summed E-state index contributed by atoms with van der Waals surface area (Å²) in [7, 11) is 0. The number of hydrogen-bond acceptors (Lipinski definition) is 2. The molecule has 0 spiro atoms. The van der Waals surface area contributed by atoms with E-state index in [2.05, 4.69) is 24.1 Å². The van der Waals surface area contributed by atoms with Gasteiger partial charge in [0.25, 0.3) is 5.91 Å². The van der Waals surface area contributed by atoms with Gasteiger partial charge in [-0.1, -0.05) is 18.2 Å². The van der Waals surface area contributed by atoms with Crippen molar-refractivity contribution in [2.75, 3.05) is 5.32 Å². The number of hydrogen-bond donors (Lipinski definition) is 2. The fourth-order valence-corrected chi connectivity index (χ4v) is 3.04. The van der Waals surface area contributed by atoms with E-state index >= 15 is 0 Å². The number of fused-ring (bicyclic) bond motifs is 1. The number of aromatic nitrogens is 1. The molecule has 0 fully saturated rings. The predicted octanol–water partition coefficient (Wildman–Crippen LogP) is 5.83. The number of ether oxygens (including phenoxy) is 1. The first-order valence-corrected chi connectivity index (χ1v) is 8.83. The average molecular weight is 356 g/mol. The van der Waals surface area contributed by atoms with Crippen LogP contribution in [0.25, 0.3) is 10.9 Å². The van der Waals surface area contributed by atoms with E-state index in [1.54, 1.807) is 24.3 Å². The van der Waals surface area contributed by atoms with Gasteiger partial charge >= 0.3 is 0 Å². The quantitative estimate of drug-likeness (QED) is 0.483. The second-order valence-corrected chi connectivity index (χ2v) is 6.53. The monoisotopic (exact) mass is 356 g/mol. The molecule has 4 aromatic rings. The van der Waals surface area contributed by atoms with Crippen LogP contribution in [0.15, 0.2) is 72.8 Å². The Labute approximate surface area is 157 Å². The summed E-state index contributed by atoms with van der Waals surface area (Å²) in [5, 5.41) is 4.03. The van der Waals surface area contributed by atoms with Crippen LogP contribution in [0.2, 0.25) is 0 Å². The Morgan fingerprint density at radius 1 is 0.889 bits per heavy atom. The van der Waals surface area contributed by atoms with E-state index in [-0.39, 0.29) is 5.91 Å². The normalized spacial score (nSPS) is 10.7. The number of nitrogens with one attached hydrogen (secondary N) is 2. The topological polar surface area (TPSA) is 54.1 Å². The number of aryl methyl sites for hydroxylation is 2. The molecule has 4 nitrogen and oxygen atoms in total. The lowest BCUT2D eigenvalue weighted by Crippen LogP contribution is -2.11. The van der Waals surface area contributed by atoms with Gasteiger partial charge in [0.15, 0.2) is 0 Å². The first-order chi connectivity index (χ1) is 13.1. The Kier molecular flexibility index (Phi) is 4.38. The van der Waals surface area contributed by atoms with Crippen LogP contribution < -0.4 is 10.1 Å². The SMILES string of the molecule is Cc1[nH]c2ccc(Oc3ccc(C(=O)Nc4ccccc4)cc3)cc2c1C. The van der Waals surface area contributed by atoms with E-state index in [1.807, 2.05) is 48.5 Å². The molecule has 0 atom stereocenters. The molecule has 1 heterocycles. The third-order valence-electron chi connectivity index (χ3n) is 4.66. The molecule has 1 aromatic heterocycles. The minimum atomic E-state index is -0.146. The van der Waals surface area contributed by atoms with Gasteiger partial charge in [-0.2, -0.15) is 0 Å². The zero-order valence-electron chi connectivity index (χ0n) is 15.2. The Morgan fingerprint density at radius 2 is 1.59 bits per heavy atom. The van der Waals surface area contributed by atoms with E-state index in [0.29, 0.717) is 11.3 Å². The van der Waals surface area contributed by atoms with Crippen LogP contribution in [0.4, 0.5) is 5.69 Å². The highest BCUT2D eigenvalue weighted by atomic mass is 16.5. The summed E-state index contributed by atoms with van der Waals surface area (Å²) in [4.78, 5) is 15.7. The van der Waals surface area contributed by atoms with Gasteiger partial charge in [0.1, 0.15) is 11.5 Å². The number of anilines is 1. The lowest BCUT2D eigenvalue weighted by atomic mass is 10.1. The zero-order chi connectivity index (χ0) is 18.8. The fourth-order valence-electron chi connectivity index (χ4n) is 3.04. The molecule has 4 heteroatoms. The van der Waals surface area contributed by atoms with Crippen molar-refractivity contribution in [1.29, 1.82) is 0 Å². The van der Waals surface area contributed by atoms with Crippen LogP contribution in [0.5, 0.6) is 11.5 Å². The first kappa shape index (κ1) is 16.9. The number of amides is 1. The molecule has 3 aromatic carbocycles. The predicted molar refractivity (Wildman–Crippen MR) is 109 cm³/mol. The summed E-state index contributed by atoms with van der Waals surface area (Å²) in [5.41, 5.74) is 4.84. The largest absolute Gasteiger partial charge is 0.457 e. The second kappa shape index (κ2) is 7.00. The third kappa shape index (κ3) is 3.55. The number of H-pyrrole nitrogens is 1. The van der Waals surface area contributed by atoms with Crippen LogP contribution in [0.3, 0.4) is 0 Å². The van der Waals surface area contributed by atoms with Gasteiger partial charge in [0.05, 0.1) is 0 Å². The van der Waals surface area contributed by atoms with Crippen molar-refractivity contribution in [3.63, 3.8) is 0 Å². The number of carbonyl (C=O) groups is 1. The van der Waals surface area contributed by atoms with Crippen molar-refractivity contribution >= 4 is 22.5 Å². The highest BCUT2D eigenvalue weighted by Gasteiger charge is 2.08. The van der Waals surface area contributed by atoms with Crippen molar-refractivity contribution in [3.8, 4) is 11.5 Å². The molecule has 2 N–H and O–H groups in total. The van der Waals surface area contributed by atoms with Crippen molar-refractivity contribution < 1.29 is 9.53 Å². The van der Waals surface area contributed by atoms with Crippen LogP contribution >= 0.6 is 0 Å². The fraction of sp³-hybridized carbons (Fsp3) is 0.0870. The van der Waals surface area contributed by atoms with E-state index < -0.39 is 0 Å². The van der Waals surface area contributed by atoms with E-state index in [0.717, 1.165) is 28.0 Å². The molecule has 0 saturated carbocycles. The molecular formula is C23H20N2O2. The van der Waals surface area contributed by atoms with Crippen molar-refractivity contribution in [2.24, 2.45) is 0 Å². The smallest absolute Gasteiger partial charge is 0.255 e. The molecule has 0 unspecified atom stereocenters. The van der Waals surface area contributed by atoms with Gasteiger partial charge in [-0.05, 0) is 74.0 Å². The molecule has 27 heavy (non-hydrogen) atoms. The van der Waals surface area contributed by atoms with Gasteiger partial charge in [0.2, 0.25) is 0 Å². The Hall–Kier alpha value is -3.53. The number of para-hydroxylation sites is 1. The molecule has 0 aliphatic carbocycles. The van der Waals surface area contributed by atoms with E-state index in [4.69, 9.17) is 4.74 Å². The molecular weight excluding hydrogens is 336 g/mol. The Morgan fingerprint density at radius 3 is 2.33 bits per heavy atom. The number of carbonyl (C=O) groups excluding carboxylic acids is 1. The maximum Gasteiger partial charge on any atom is 0.255 e. The van der Waals surface area contributed by atoms with Crippen LogP contribution in [0, 0.1) is 13.8 Å². The maximum atomic E-state index is 12.3. The van der Waals surface area contributed by atoms with Crippen molar-refractivity contribution in [3.05, 3.63) is 89.6 Å². The standard InChI is InChI=1S/C23H20N2O2/c1-15-16(2)24-22-13-12-20(14-21(15)22)27-19-10-8-17(9-11-19)23(26)25-18-6-4-3-5-7-18/h3-14,24H,1-2H3,(H,25,26). The Balaban J connectivity index is 1.49. The number of rotatable bonds is 4. The Bertz CT molecular complexity index is 1100. The minimum absolute atomic E-state index is 0.146. The summed E-state index contributed by atoms with van der Waals surface area (Å²) >= 11 is 0. The molecule has 0 bridgehead atoms. The molecule has 0 saturated heterocycles. The van der Waals surface area contributed by atoms with Crippen LogP contribution in [0.1, 0.15) is 21.6 Å². The van der Waals surface area contributed by atoms with Crippen molar-refractivity contribution in [1.82, 2.24) is 4.98 Å². The average Bonchev–Trinajstić information content (AvgIpc) is 2.97. The second-order valence-electron chi connectivity index (χ2n) is 6.53. The maximum absolute atomic E-state index is 12.3. The summed E-state index contributed by atoms with van der Waals surface area (Å²) < 4.78 is 5.96.